The Labute approximate surface area is 227 Å². The van der Waals surface area contributed by atoms with Gasteiger partial charge in [0.1, 0.15) is 5.65 Å². The van der Waals surface area contributed by atoms with Gasteiger partial charge in [0.25, 0.3) is 5.91 Å². The predicted octanol–water partition coefficient (Wildman–Crippen LogP) is 6.59. The molecule has 0 spiro atoms. The molecule has 38 heavy (non-hydrogen) atoms. The number of fused-ring (bicyclic) bond motifs is 1. The van der Waals surface area contributed by atoms with Gasteiger partial charge < -0.3 is 9.30 Å². The summed E-state index contributed by atoms with van der Waals surface area (Å²) in [4.78, 5) is 22.4. The average Bonchev–Trinajstić information content (AvgIpc) is 3.31. The minimum absolute atomic E-state index is 0.00202. The van der Waals surface area contributed by atoms with Gasteiger partial charge in [-0.2, -0.15) is 0 Å². The van der Waals surface area contributed by atoms with E-state index in [1.54, 1.807) is 12.1 Å². The van der Waals surface area contributed by atoms with Crippen LogP contribution in [0.3, 0.4) is 0 Å². The third-order valence-corrected chi connectivity index (χ3v) is 7.58. The fourth-order valence-electron chi connectivity index (χ4n) is 5.19. The summed E-state index contributed by atoms with van der Waals surface area (Å²) in [6, 6.07) is 30.5. The van der Waals surface area contributed by atoms with Gasteiger partial charge in [-0.15, -0.1) is 0 Å². The second-order valence-electron chi connectivity index (χ2n) is 9.84. The van der Waals surface area contributed by atoms with Crippen molar-refractivity contribution in [3.63, 3.8) is 0 Å². The first-order chi connectivity index (χ1) is 18.6. The quantitative estimate of drug-likeness (QED) is 0.262. The Morgan fingerprint density at radius 1 is 0.816 bits per heavy atom. The van der Waals surface area contributed by atoms with E-state index >= 15 is 0 Å². The molecule has 2 aromatic heterocycles. The van der Waals surface area contributed by atoms with Crippen molar-refractivity contribution < 1.29 is 4.79 Å². The summed E-state index contributed by atoms with van der Waals surface area (Å²) in [6.07, 6.45) is 2.20. The maximum Gasteiger partial charge on any atom is 0.255 e. The molecule has 0 saturated carbocycles. The monoisotopic (exact) mass is 520 g/mol. The normalized spacial score (nSPS) is 14.2. The molecule has 190 valence electrons. The van der Waals surface area contributed by atoms with E-state index < -0.39 is 0 Å². The average molecular weight is 521 g/mol. The van der Waals surface area contributed by atoms with Crippen molar-refractivity contribution in [3.05, 3.63) is 119 Å². The lowest BCUT2D eigenvalue weighted by atomic mass is 10.1. The molecule has 3 aromatic carbocycles. The maximum absolute atomic E-state index is 13.1. The molecule has 5 nitrogen and oxygen atoms in total. The number of aromatic nitrogens is 2. The Bertz CT molecular complexity index is 1600. The van der Waals surface area contributed by atoms with E-state index in [4.69, 9.17) is 16.6 Å². The Balaban J connectivity index is 1.30. The Hall–Kier alpha value is -3.93. The molecule has 6 heteroatoms. The number of pyridine rings is 1. The van der Waals surface area contributed by atoms with Crippen LogP contribution in [-0.2, 0) is 6.54 Å². The van der Waals surface area contributed by atoms with E-state index in [-0.39, 0.29) is 5.91 Å². The van der Waals surface area contributed by atoms with Gasteiger partial charge in [-0.1, -0.05) is 83.9 Å². The van der Waals surface area contributed by atoms with Gasteiger partial charge in [0.15, 0.2) is 0 Å². The zero-order valence-electron chi connectivity index (χ0n) is 21.3. The highest BCUT2D eigenvalue weighted by Gasteiger charge is 2.25. The fourth-order valence-corrected chi connectivity index (χ4v) is 5.41. The van der Waals surface area contributed by atoms with Gasteiger partial charge in [-0.05, 0) is 42.3 Å². The van der Waals surface area contributed by atoms with Crippen molar-refractivity contribution in [1.82, 2.24) is 19.2 Å². The summed E-state index contributed by atoms with van der Waals surface area (Å²) in [6.45, 7) is 5.77. The number of imidazole rings is 1. The van der Waals surface area contributed by atoms with Crippen LogP contribution in [0.4, 0.5) is 0 Å². The van der Waals surface area contributed by atoms with E-state index in [1.165, 1.54) is 11.1 Å². The van der Waals surface area contributed by atoms with Crippen LogP contribution in [-0.4, -0.2) is 51.3 Å². The second kappa shape index (κ2) is 10.4. The zero-order valence-corrected chi connectivity index (χ0v) is 22.1. The number of halogens is 1. The van der Waals surface area contributed by atoms with Crippen LogP contribution in [0.15, 0.2) is 97.2 Å². The molecule has 5 aromatic rings. The molecule has 1 aliphatic heterocycles. The minimum Gasteiger partial charge on any atom is -0.336 e. The van der Waals surface area contributed by atoms with Crippen molar-refractivity contribution in [2.24, 2.45) is 0 Å². The highest BCUT2D eigenvalue weighted by molar-refractivity contribution is 6.33. The minimum atomic E-state index is -0.00202. The third-order valence-electron chi connectivity index (χ3n) is 7.25. The molecule has 1 aliphatic rings. The predicted molar refractivity (Wildman–Crippen MR) is 153 cm³/mol. The summed E-state index contributed by atoms with van der Waals surface area (Å²) in [7, 11) is 0. The van der Waals surface area contributed by atoms with Crippen LogP contribution >= 0.6 is 11.6 Å². The van der Waals surface area contributed by atoms with Crippen LogP contribution in [0.5, 0.6) is 0 Å². The van der Waals surface area contributed by atoms with Crippen molar-refractivity contribution in [2.75, 3.05) is 26.2 Å². The molecule has 0 N–H and O–H groups in total. The number of carbonyl (C=O) groups is 1. The Morgan fingerprint density at radius 2 is 1.55 bits per heavy atom. The molecule has 1 amide bonds. The van der Waals surface area contributed by atoms with Crippen molar-refractivity contribution in [2.45, 2.75) is 13.5 Å². The van der Waals surface area contributed by atoms with Crippen LogP contribution in [0.2, 0.25) is 5.02 Å². The SMILES string of the molecule is Cc1cccc(-c2ccc3nc(-c4ccccc4)c(CN4CCN(C(=O)c5ccccc5Cl)CC4)n3c2)c1. The van der Waals surface area contributed by atoms with Crippen molar-refractivity contribution in [3.8, 4) is 22.4 Å². The standard InChI is InChI=1S/C32H29ClN4O/c1-23-8-7-11-25(20-23)26-14-15-30-34-31(24-9-3-2-4-10-24)29(37(30)21-26)22-35-16-18-36(19-17-35)32(38)27-12-5-6-13-28(27)33/h2-15,20-21H,16-19,22H2,1H3. The van der Waals surface area contributed by atoms with Crippen LogP contribution in [0.25, 0.3) is 28.0 Å². The van der Waals surface area contributed by atoms with Gasteiger partial charge >= 0.3 is 0 Å². The van der Waals surface area contributed by atoms with Crippen LogP contribution in [0, 0.1) is 6.92 Å². The largest absolute Gasteiger partial charge is 0.336 e. The number of aryl methyl sites for hydroxylation is 1. The summed E-state index contributed by atoms with van der Waals surface area (Å²) < 4.78 is 2.24. The summed E-state index contributed by atoms with van der Waals surface area (Å²) >= 11 is 6.29. The topological polar surface area (TPSA) is 40.9 Å². The molecule has 1 fully saturated rings. The molecule has 3 heterocycles. The number of benzene rings is 3. The first-order valence-corrected chi connectivity index (χ1v) is 13.3. The molecule has 0 atom stereocenters. The molecule has 0 bridgehead atoms. The summed E-state index contributed by atoms with van der Waals surface area (Å²) in [5, 5.41) is 0.502. The van der Waals surface area contributed by atoms with Crippen LogP contribution in [0.1, 0.15) is 21.6 Å². The molecule has 0 radical (unpaired) electrons. The molecule has 0 aliphatic carbocycles. The molecule has 6 rings (SSSR count). The van der Waals surface area contributed by atoms with Gasteiger partial charge in [-0.25, -0.2) is 4.98 Å². The summed E-state index contributed by atoms with van der Waals surface area (Å²) in [5.41, 5.74) is 8.36. The Morgan fingerprint density at radius 3 is 2.32 bits per heavy atom. The van der Waals surface area contributed by atoms with Crippen LogP contribution < -0.4 is 0 Å². The van der Waals surface area contributed by atoms with Gasteiger partial charge in [-0.3, -0.25) is 9.69 Å². The fraction of sp³-hybridized carbons (Fsp3) is 0.188. The first kappa shape index (κ1) is 24.4. The third kappa shape index (κ3) is 4.83. The zero-order chi connectivity index (χ0) is 26.1. The lowest BCUT2D eigenvalue weighted by Gasteiger charge is -2.35. The van der Waals surface area contributed by atoms with E-state index in [0.717, 1.165) is 47.8 Å². The molecular weight excluding hydrogens is 492 g/mol. The van der Waals surface area contributed by atoms with E-state index in [9.17, 15) is 4.79 Å². The van der Waals surface area contributed by atoms with Crippen molar-refractivity contribution in [1.29, 1.82) is 0 Å². The van der Waals surface area contributed by atoms with Gasteiger partial charge in [0.2, 0.25) is 0 Å². The smallest absolute Gasteiger partial charge is 0.255 e. The highest BCUT2D eigenvalue weighted by atomic mass is 35.5. The van der Waals surface area contributed by atoms with E-state index in [1.807, 2.05) is 23.1 Å². The van der Waals surface area contributed by atoms with E-state index in [2.05, 4.69) is 83.1 Å². The summed E-state index contributed by atoms with van der Waals surface area (Å²) in [5.74, 6) is -0.00202. The maximum atomic E-state index is 13.1. The lowest BCUT2D eigenvalue weighted by molar-refractivity contribution is 0.0627. The number of amides is 1. The number of piperazine rings is 1. The number of rotatable bonds is 5. The first-order valence-electron chi connectivity index (χ1n) is 13.0. The van der Waals surface area contributed by atoms with Gasteiger partial charge in [0, 0.05) is 44.5 Å². The second-order valence-corrected chi connectivity index (χ2v) is 10.2. The molecule has 1 saturated heterocycles. The van der Waals surface area contributed by atoms with E-state index in [0.29, 0.717) is 23.7 Å². The Kier molecular flexibility index (Phi) is 6.71. The molecular formula is C32H29ClN4O. The van der Waals surface area contributed by atoms with Gasteiger partial charge in [0.05, 0.1) is 22.0 Å². The number of hydrogen-bond acceptors (Lipinski definition) is 3. The number of carbonyl (C=O) groups excluding carboxylic acids is 1. The lowest BCUT2D eigenvalue weighted by Crippen LogP contribution is -2.48. The number of hydrogen-bond donors (Lipinski definition) is 0. The highest BCUT2D eigenvalue weighted by Crippen LogP contribution is 2.29. The van der Waals surface area contributed by atoms with Crippen molar-refractivity contribution >= 4 is 23.2 Å². The number of nitrogens with zero attached hydrogens (tertiary/aromatic N) is 4. The molecule has 0 unspecified atom stereocenters.